The summed E-state index contributed by atoms with van der Waals surface area (Å²) in [6.07, 6.45) is -0.125. The number of methoxy groups -OCH3 is 1. The molecule has 120 valence electrons. The molecule has 2 aromatic carbocycles. The minimum atomic E-state index is -0.577. The standard InChI is InChI=1S/C18H18FNO3/c1-23-16-8-4-13(5-9-16)18(22)20-11-15(21)10-17(20)12-2-6-14(19)7-3-12/h2-9,15,17,21H,10-11H2,1H3/t15-,17+/m1/s1. The first-order valence-electron chi connectivity index (χ1n) is 7.47. The molecule has 1 saturated heterocycles. The van der Waals surface area contributed by atoms with E-state index in [1.807, 2.05) is 0 Å². The summed E-state index contributed by atoms with van der Waals surface area (Å²) in [7, 11) is 1.57. The zero-order valence-electron chi connectivity index (χ0n) is 12.8. The second-order valence-electron chi connectivity index (χ2n) is 5.64. The molecule has 1 aliphatic rings. The van der Waals surface area contributed by atoms with Crippen LogP contribution in [-0.2, 0) is 0 Å². The van der Waals surface area contributed by atoms with Crippen molar-refractivity contribution >= 4 is 5.91 Å². The number of aliphatic hydroxyl groups is 1. The lowest BCUT2D eigenvalue weighted by molar-refractivity contribution is 0.0716. The molecule has 0 aliphatic carbocycles. The Morgan fingerprint density at radius 3 is 2.43 bits per heavy atom. The molecule has 0 saturated carbocycles. The minimum Gasteiger partial charge on any atom is -0.497 e. The summed E-state index contributed by atoms with van der Waals surface area (Å²) >= 11 is 0. The van der Waals surface area contributed by atoms with Crippen molar-refractivity contribution in [2.45, 2.75) is 18.6 Å². The van der Waals surface area contributed by atoms with E-state index in [0.717, 1.165) is 5.56 Å². The molecule has 0 spiro atoms. The zero-order chi connectivity index (χ0) is 16.4. The van der Waals surface area contributed by atoms with Gasteiger partial charge in [-0.3, -0.25) is 4.79 Å². The van der Waals surface area contributed by atoms with Crippen molar-refractivity contribution in [3.63, 3.8) is 0 Å². The average Bonchev–Trinajstić information content (AvgIpc) is 2.97. The van der Waals surface area contributed by atoms with Gasteiger partial charge in [0.15, 0.2) is 0 Å². The Bertz CT molecular complexity index is 684. The maximum absolute atomic E-state index is 13.1. The molecule has 1 aliphatic heterocycles. The minimum absolute atomic E-state index is 0.154. The first-order valence-corrected chi connectivity index (χ1v) is 7.47. The maximum Gasteiger partial charge on any atom is 0.254 e. The summed E-state index contributed by atoms with van der Waals surface area (Å²) in [5.74, 6) is 0.206. The number of halogens is 1. The summed E-state index contributed by atoms with van der Waals surface area (Å²) in [6, 6.07) is 12.7. The molecule has 1 N–H and O–H groups in total. The van der Waals surface area contributed by atoms with Gasteiger partial charge in [-0.05, 0) is 48.4 Å². The highest BCUT2D eigenvalue weighted by Gasteiger charge is 2.35. The average molecular weight is 315 g/mol. The van der Waals surface area contributed by atoms with Crippen LogP contribution in [0.2, 0.25) is 0 Å². The van der Waals surface area contributed by atoms with Gasteiger partial charge in [-0.1, -0.05) is 12.1 Å². The Morgan fingerprint density at radius 2 is 1.83 bits per heavy atom. The van der Waals surface area contributed by atoms with Gasteiger partial charge in [0.25, 0.3) is 5.91 Å². The molecule has 5 heteroatoms. The van der Waals surface area contributed by atoms with Crippen LogP contribution in [0.4, 0.5) is 4.39 Å². The van der Waals surface area contributed by atoms with Crippen LogP contribution in [0.3, 0.4) is 0 Å². The van der Waals surface area contributed by atoms with E-state index in [1.165, 1.54) is 12.1 Å². The topological polar surface area (TPSA) is 49.8 Å². The van der Waals surface area contributed by atoms with Crippen molar-refractivity contribution in [3.8, 4) is 5.75 Å². The molecule has 0 radical (unpaired) electrons. The largest absolute Gasteiger partial charge is 0.497 e. The van der Waals surface area contributed by atoms with E-state index in [0.29, 0.717) is 17.7 Å². The van der Waals surface area contributed by atoms with E-state index in [1.54, 1.807) is 48.4 Å². The molecule has 2 atom stereocenters. The number of carbonyl (C=O) groups is 1. The van der Waals surface area contributed by atoms with Gasteiger partial charge in [0.1, 0.15) is 11.6 Å². The monoisotopic (exact) mass is 315 g/mol. The van der Waals surface area contributed by atoms with E-state index >= 15 is 0 Å². The SMILES string of the molecule is COc1ccc(C(=O)N2C[C@H](O)C[C@H]2c2ccc(F)cc2)cc1. The van der Waals surface area contributed by atoms with E-state index in [4.69, 9.17) is 4.74 Å². The predicted octanol–water partition coefficient (Wildman–Crippen LogP) is 2.78. The molecule has 0 aromatic heterocycles. The number of ether oxygens (including phenoxy) is 1. The molecule has 2 aromatic rings. The van der Waals surface area contributed by atoms with Crippen molar-refractivity contribution in [3.05, 3.63) is 65.5 Å². The summed E-state index contributed by atoms with van der Waals surface area (Å²) in [5.41, 5.74) is 1.36. The summed E-state index contributed by atoms with van der Waals surface area (Å²) < 4.78 is 18.2. The highest BCUT2D eigenvalue weighted by atomic mass is 19.1. The van der Waals surface area contributed by atoms with Gasteiger partial charge in [-0.25, -0.2) is 4.39 Å². The van der Waals surface area contributed by atoms with Gasteiger partial charge in [0.05, 0.1) is 19.3 Å². The number of nitrogens with zero attached hydrogens (tertiary/aromatic N) is 1. The first kappa shape index (κ1) is 15.5. The first-order chi connectivity index (χ1) is 11.1. The highest BCUT2D eigenvalue weighted by molar-refractivity contribution is 5.94. The second-order valence-corrected chi connectivity index (χ2v) is 5.64. The normalized spacial score (nSPS) is 20.6. The van der Waals surface area contributed by atoms with Crippen molar-refractivity contribution in [2.24, 2.45) is 0 Å². The van der Waals surface area contributed by atoms with Crippen LogP contribution in [-0.4, -0.2) is 35.7 Å². The quantitative estimate of drug-likeness (QED) is 0.947. The van der Waals surface area contributed by atoms with Gasteiger partial charge in [-0.15, -0.1) is 0 Å². The molecule has 1 fully saturated rings. The number of β-amino-alcohol motifs (C(OH)–C–C–N with tert-alkyl or cyclic N) is 1. The van der Waals surface area contributed by atoms with Crippen LogP contribution in [0, 0.1) is 5.82 Å². The van der Waals surface area contributed by atoms with Crippen LogP contribution in [0.5, 0.6) is 5.75 Å². The lowest BCUT2D eigenvalue weighted by Crippen LogP contribution is -2.31. The Kier molecular flexibility index (Phi) is 4.30. The van der Waals surface area contributed by atoms with Gasteiger partial charge in [0.2, 0.25) is 0 Å². The van der Waals surface area contributed by atoms with Crippen LogP contribution in [0.25, 0.3) is 0 Å². The fraction of sp³-hybridized carbons (Fsp3) is 0.278. The molecule has 1 amide bonds. The third-order valence-electron chi connectivity index (χ3n) is 4.13. The molecular formula is C18H18FNO3. The van der Waals surface area contributed by atoms with Crippen LogP contribution < -0.4 is 4.74 Å². The number of aliphatic hydroxyl groups excluding tert-OH is 1. The Hall–Kier alpha value is -2.40. The fourth-order valence-corrected chi connectivity index (χ4v) is 2.94. The maximum atomic E-state index is 13.1. The molecular weight excluding hydrogens is 297 g/mol. The fourth-order valence-electron chi connectivity index (χ4n) is 2.94. The molecule has 23 heavy (non-hydrogen) atoms. The van der Waals surface area contributed by atoms with Crippen LogP contribution in [0.1, 0.15) is 28.4 Å². The number of benzene rings is 2. The van der Waals surface area contributed by atoms with Crippen molar-refractivity contribution in [2.75, 3.05) is 13.7 Å². The number of hydrogen-bond acceptors (Lipinski definition) is 3. The van der Waals surface area contributed by atoms with Gasteiger partial charge in [-0.2, -0.15) is 0 Å². The number of rotatable bonds is 3. The van der Waals surface area contributed by atoms with E-state index in [-0.39, 0.29) is 24.3 Å². The summed E-state index contributed by atoms with van der Waals surface area (Å²) in [5, 5.41) is 9.98. The van der Waals surface area contributed by atoms with Crippen molar-refractivity contribution < 1.29 is 19.0 Å². The molecule has 3 rings (SSSR count). The Morgan fingerprint density at radius 1 is 1.17 bits per heavy atom. The van der Waals surface area contributed by atoms with Crippen LogP contribution >= 0.6 is 0 Å². The zero-order valence-corrected chi connectivity index (χ0v) is 12.8. The van der Waals surface area contributed by atoms with Crippen molar-refractivity contribution in [1.82, 2.24) is 4.90 Å². The summed E-state index contributed by atoms with van der Waals surface area (Å²) in [4.78, 5) is 14.4. The third-order valence-corrected chi connectivity index (χ3v) is 4.13. The number of likely N-dealkylation sites (tertiary alicyclic amines) is 1. The molecule has 4 nitrogen and oxygen atoms in total. The van der Waals surface area contributed by atoms with E-state index in [2.05, 4.69) is 0 Å². The molecule has 0 unspecified atom stereocenters. The summed E-state index contributed by atoms with van der Waals surface area (Å²) in [6.45, 7) is 0.271. The Labute approximate surface area is 134 Å². The van der Waals surface area contributed by atoms with Gasteiger partial charge in [0, 0.05) is 12.1 Å². The molecule has 1 heterocycles. The third kappa shape index (κ3) is 3.19. The lowest BCUT2D eigenvalue weighted by atomic mass is 10.0. The second kappa shape index (κ2) is 6.38. The predicted molar refractivity (Wildman–Crippen MR) is 83.8 cm³/mol. The number of carbonyl (C=O) groups excluding carboxylic acids is 1. The van der Waals surface area contributed by atoms with E-state index < -0.39 is 6.10 Å². The van der Waals surface area contributed by atoms with E-state index in [9.17, 15) is 14.3 Å². The number of amides is 1. The van der Waals surface area contributed by atoms with Crippen molar-refractivity contribution in [1.29, 1.82) is 0 Å². The smallest absolute Gasteiger partial charge is 0.254 e. The van der Waals surface area contributed by atoms with Gasteiger partial charge >= 0.3 is 0 Å². The Balaban J connectivity index is 1.86. The highest BCUT2D eigenvalue weighted by Crippen LogP contribution is 2.33. The molecule has 0 bridgehead atoms. The number of hydrogen-bond donors (Lipinski definition) is 1. The van der Waals surface area contributed by atoms with Gasteiger partial charge < -0.3 is 14.7 Å². The van der Waals surface area contributed by atoms with Crippen LogP contribution in [0.15, 0.2) is 48.5 Å². The lowest BCUT2D eigenvalue weighted by Gasteiger charge is -2.25.